The number of hydrogen-bond acceptors (Lipinski definition) is 2. The minimum Gasteiger partial charge on any atom is -0.495 e. The summed E-state index contributed by atoms with van der Waals surface area (Å²) in [6, 6.07) is 8.99. The van der Waals surface area contributed by atoms with Gasteiger partial charge in [0.05, 0.1) is 7.11 Å². The third-order valence-corrected chi connectivity index (χ3v) is 2.86. The Bertz CT molecular complexity index is 563. The Morgan fingerprint density at radius 2 is 2.00 bits per heavy atom. The number of methoxy groups -OCH3 is 1. The molecule has 0 saturated carbocycles. The van der Waals surface area contributed by atoms with E-state index in [-0.39, 0.29) is 5.56 Å². The van der Waals surface area contributed by atoms with Crippen LogP contribution in [0.3, 0.4) is 0 Å². The van der Waals surface area contributed by atoms with Crippen LogP contribution in [0.5, 0.6) is 5.75 Å². The fourth-order valence-electron chi connectivity index (χ4n) is 1.65. The molecule has 0 saturated heterocycles. The summed E-state index contributed by atoms with van der Waals surface area (Å²) in [6.07, 6.45) is 0. The van der Waals surface area contributed by atoms with Gasteiger partial charge in [0.25, 0.3) is 0 Å². The number of fused-ring (bicyclic) bond motifs is 1. The number of carboxylic acids is 1. The molecule has 0 aliphatic heterocycles. The molecule has 0 bridgehead atoms. The lowest BCUT2D eigenvalue weighted by molar-refractivity contribution is 0.0693. The largest absolute Gasteiger partial charge is 0.495 e. The number of rotatable bonds is 2. The molecule has 0 atom stereocenters. The first-order valence-electron chi connectivity index (χ1n) is 4.63. The first-order chi connectivity index (χ1) is 7.63. The van der Waals surface area contributed by atoms with Gasteiger partial charge in [-0.15, -0.1) is 0 Å². The van der Waals surface area contributed by atoms with Gasteiger partial charge in [-0.1, -0.05) is 28.1 Å². The van der Waals surface area contributed by atoms with Crippen molar-refractivity contribution in [1.82, 2.24) is 0 Å². The summed E-state index contributed by atoms with van der Waals surface area (Å²) < 4.78 is 6.06. The molecule has 4 heteroatoms. The number of aromatic carboxylic acids is 1. The fourth-order valence-corrected chi connectivity index (χ4v) is 2.01. The number of benzene rings is 2. The van der Waals surface area contributed by atoms with Crippen LogP contribution < -0.4 is 4.74 Å². The highest BCUT2D eigenvalue weighted by Gasteiger charge is 2.13. The first-order valence-corrected chi connectivity index (χ1v) is 5.42. The molecular formula is C12H9BrO3. The standard InChI is InChI=1S/C12H9BrO3/c1-16-11-9(12(14)15)5-3-7-2-4-8(13)6-10(7)11/h2-6H,1H3,(H,14,15). The molecule has 0 amide bonds. The van der Waals surface area contributed by atoms with Crippen molar-refractivity contribution in [2.45, 2.75) is 0 Å². The van der Waals surface area contributed by atoms with Gasteiger partial charge in [0, 0.05) is 9.86 Å². The smallest absolute Gasteiger partial charge is 0.339 e. The van der Waals surface area contributed by atoms with E-state index in [1.54, 1.807) is 12.1 Å². The lowest BCUT2D eigenvalue weighted by Crippen LogP contribution is -2.00. The zero-order valence-corrected chi connectivity index (χ0v) is 10.1. The highest BCUT2D eigenvalue weighted by molar-refractivity contribution is 9.10. The molecular weight excluding hydrogens is 272 g/mol. The maximum atomic E-state index is 11.0. The lowest BCUT2D eigenvalue weighted by atomic mass is 10.1. The van der Waals surface area contributed by atoms with E-state index < -0.39 is 5.97 Å². The molecule has 0 aliphatic rings. The lowest BCUT2D eigenvalue weighted by Gasteiger charge is -2.09. The first kappa shape index (κ1) is 11.0. The second-order valence-corrected chi connectivity index (χ2v) is 4.23. The summed E-state index contributed by atoms with van der Waals surface area (Å²) in [5, 5.41) is 10.8. The molecule has 2 rings (SSSR count). The fraction of sp³-hybridized carbons (Fsp3) is 0.0833. The van der Waals surface area contributed by atoms with Crippen LogP contribution in [0.4, 0.5) is 0 Å². The van der Waals surface area contributed by atoms with Gasteiger partial charge in [-0.25, -0.2) is 4.79 Å². The average molecular weight is 281 g/mol. The zero-order valence-electron chi connectivity index (χ0n) is 8.53. The summed E-state index contributed by atoms with van der Waals surface area (Å²) in [6.45, 7) is 0. The molecule has 2 aromatic carbocycles. The van der Waals surface area contributed by atoms with Crippen LogP contribution in [0.2, 0.25) is 0 Å². The van der Waals surface area contributed by atoms with Crippen LogP contribution in [0.1, 0.15) is 10.4 Å². The molecule has 2 aromatic rings. The Labute approximate surface area is 101 Å². The van der Waals surface area contributed by atoms with Crippen molar-refractivity contribution in [2.75, 3.05) is 7.11 Å². The summed E-state index contributed by atoms with van der Waals surface area (Å²) in [5.74, 6) is -0.593. The number of ether oxygens (including phenoxy) is 1. The summed E-state index contributed by atoms with van der Waals surface area (Å²) in [7, 11) is 1.47. The van der Waals surface area contributed by atoms with E-state index in [4.69, 9.17) is 9.84 Å². The molecule has 16 heavy (non-hydrogen) atoms. The third kappa shape index (κ3) is 1.76. The monoisotopic (exact) mass is 280 g/mol. The maximum Gasteiger partial charge on any atom is 0.339 e. The Morgan fingerprint density at radius 1 is 1.31 bits per heavy atom. The molecule has 0 fully saturated rings. The van der Waals surface area contributed by atoms with E-state index in [1.165, 1.54) is 7.11 Å². The molecule has 0 unspecified atom stereocenters. The van der Waals surface area contributed by atoms with Crippen LogP contribution in [0, 0.1) is 0 Å². The Balaban J connectivity index is 2.83. The number of carbonyl (C=O) groups is 1. The number of halogens is 1. The summed E-state index contributed by atoms with van der Waals surface area (Å²) >= 11 is 3.35. The Hall–Kier alpha value is -1.55. The highest BCUT2D eigenvalue weighted by atomic mass is 79.9. The second kappa shape index (κ2) is 4.14. The average Bonchev–Trinajstić information content (AvgIpc) is 2.27. The summed E-state index contributed by atoms with van der Waals surface area (Å²) in [4.78, 5) is 11.0. The SMILES string of the molecule is COc1c(C(=O)O)ccc2ccc(Br)cc12. The van der Waals surface area contributed by atoms with E-state index in [2.05, 4.69) is 15.9 Å². The predicted molar refractivity (Wildman–Crippen MR) is 65.2 cm³/mol. The van der Waals surface area contributed by atoms with Crippen molar-refractivity contribution in [3.8, 4) is 5.75 Å². The van der Waals surface area contributed by atoms with Crippen LogP contribution in [0.15, 0.2) is 34.8 Å². The van der Waals surface area contributed by atoms with Crippen LogP contribution in [-0.4, -0.2) is 18.2 Å². The van der Waals surface area contributed by atoms with Gasteiger partial charge in [-0.05, 0) is 23.6 Å². The van der Waals surface area contributed by atoms with Crippen molar-refractivity contribution >= 4 is 32.7 Å². The third-order valence-electron chi connectivity index (χ3n) is 2.37. The van der Waals surface area contributed by atoms with Gasteiger partial charge in [0.2, 0.25) is 0 Å². The quantitative estimate of drug-likeness (QED) is 0.918. The van der Waals surface area contributed by atoms with Crippen molar-refractivity contribution in [3.63, 3.8) is 0 Å². The zero-order chi connectivity index (χ0) is 11.7. The van der Waals surface area contributed by atoms with Gasteiger partial charge < -0.3 is 9.84 Å². The van der Waals surface area contributed by atoms with E-state index in [0.717, 1.165) is 15.2 Å². The Morgan fingerprint density at radius 3 is 2.62 bits per heavy atom. The van der Waals surface area contributed by atoms with Gasteiger partial charge in [0.15, 0.2) is 0 Å². The van der Waals surface area contributed by atoms with E-state index in [1.807, 2.05) is 18.2 Å². The van der Waals surface area contributed by atoms with E-state index in [0.29, 0.717) is 5.75 Å². The molecule has 0 heterocycles. The van der Waals surface area contributed by atoms with E-state index in [9.17, 15) is 4.79 Å². The van der Waals surface area contributed by atoms with Crippen molar-refractivity contribution < 1.29 is 14.6 Å². The predicted octanol–water partition coefficient (Wildman–Crippen LogP) is 3.31. The highest BCUT2D eigenvalue weighted by Crippen LogP contribution is 2.31. The van der Waals surface area contributed by atoms with E-state index >= 15 is 0 Å². The molecule has 1 N–H and O–H groups in total. The molecule has 0 radical (unpaired) electrons. The number of hydrogen-bond donors (Lipinski definition) is 1. The minimum atomic E-state index is -0.987. The van der Waals surface area contributed by atoms with Crippen LogP contribution in [-0.2, 0) is 0 Å². The molecule has 82 valence electrons. The van der Waals surface area contributed by atoms with Crippen LogP contribution >= 0.6 is 15.9 Å². The van der Waals surface area contributed by atoms with Crippen molar-refractivity contribution in [3.05, 3.63) is 40.4 Å². The minimum absolute atomic E-state index is 0.174. The summed E-state index contributed by atoms with van der Waals surface area (Å²) in [5.41, 5.74) is 0.174. The van der Waals surface area contributed by atoms with Gasteiger partial charge in [-0.2, -0.15) is 0 Å². The van der Waals surface area contributed by atoms with Gasteiger partial charge in [-0.3, -0.25) is 0 Å². The van der Waals surface area contributed by atoms with Crippen LogP contribution in [0.25, 0.3) is 10.8 Å². The second-order valence-electron chi connectivity index (χ2n) is 3.32. The Kier molecular flexibility index (Phi) is 2.83. The molecule has 0 spiro atoms. The topological polar surface area (TPSA) is 46.5 Å². The molecule has 0 aliphatic carbocycles. The molecule has 3 nitrogen and oxygen atoms in total. The molecule has 0 aromatic heterocycles. The maximum absolute atomic E-state index is 11.0. The van der Waals surface area contributed by atoms with Crippen molar-refractivity contribution in [1.29, 1.82) is 0 Å². The number of carboxylic acid groups (broad SMARTS) is 1. The van der Waals surface area contributed by atoms with Gasteiger partial charge >= 0.3 is 5.97 Å². The van der Waals surface area contributed by atoms with Gasteiger partial charge in [0.1, 0.15) is 11.3 Å². The normalized spacial score (nSPS) is 10.4. The van der Waals surface area contributed by atoms with Crippen molar-refractivity contribution in [2.24, 2.45) is 0 Å².